The molecule has 2 rings (SSSR count). The first kappa shape index (κ1) is 18.1. The molecule has 1 amide bonds. The zero-order valence-corrected chi connectivity index (χ0v) is 15.0. The van der Waals surface area contributed by atoms with Gasteiger partial charge in [0.15, 0.2) is 6.61 Å². The summed E-state index contributed by atoms with van der Waals surface area (Å²) in [6, 6.07) is 11.6. The minimum absolute atomic E-state index is 0.272. The second-order valence-corrected chi connectivity index (χ2v) is 6.22. The Balaban J connectivity index is 1.85. The van der Waals surface area contributed by atoms with Gasteiger partial charge in [-0.15, -0.1) is 0 Å². The normalized spacial score (nSPS) is 10.6. The maximum Gasteiger partial charge on any atom is 0.331 e. The summed E-state index contributed by atoms with van der Waals surface area (Å²) in [4.78, 5) is 23.4. The van der Waals surface area contributed by atoms with E-state index in [2.05, 4.69) is 27.9 Å². The number of aryl methyl sites for hydroxylation is 1. The molecular weight excluding hydrogens is 424 g/mol. The molecule has 0 fully saturated rings. The molecule has 0 bridgehead atoms. The van der Waals surface area contributed by atoms with Gasteiger partial charge in [-0.2, -0.15) is 0 Å². The molecule has 0 radical (unpaired) electrons. The lowest BCUT2D eigenvalue weighted by molar-refractivity contribution is -0.142. The number of anilines is 1. The smallest absolute Gasteiger partial charge is 0.331 e. The maximum atomic E-state index is 13.4. The van der Waals surface area contributed by atoms with Gasteiger partial charge in [-0.05, 0) is 65.4 Å². The van der Waals surface area contributed by atoms with Crippen molar-refractivity contribution < 1.29 is 18.7 Å². The van der Waals surface area contributed by atoms with Crippen LogP contribution in [-0.4, -0.2) is 18.5 Å². The Hall–Kier alpha value is -2.22. The average Bonchev–Trinajstić information content (AvgIpc) is 2.55. The Labute approximate surface area is 152 Å². The van der Waals surface area contributed by atoms with Crippen LogP contribution >= 0.6 is 22.6 Å². The molecule has 1 N–H and O–H groups in total. The van der Waals surface area contributed by atoms with E-state index in [-0.39, 0.29) is 5.56 Å². The number of benzene rings is 2. The molecule has 4 nitrogen and oxygen atoms in total. The quantitative estimate of drug-likeness (QED) is 0.437. The Morgan fingerprint density at radius 2 is 2.00 bits per heavy atom. The molecule has 0 atom stereocenters. The van der Waals surface area contributed by atoms with Crippen LogP contribution in [0.25, 0.3) is 6.08 Å². The van der Waals surface area contributed by atoms with E-state index >= 15 is 0 Å². The van der Waals surface area contributed by atoms with Crippen LogP contribution in [0.15, 0.2) is 48.5 Å². The zero-order chi connectivity index (χ0) is 17.5. The topological polar surface area (TPSA) is 55.4 Å². The summed E-state index contributed by atoms with van der Waals surface area (Å²) in [6.45, 7) is 1.47. The summed E-state index contributed by atoms with van der Waals surface area (Å²) in [5.41, 5.74) is 1.85. The zero-order valence-electron chi connectivity index (χ0n) is 12.9. The number of hydrogen-bond acceptors (Lipinski definition) is 3. The fourth-order valence-electron chi connectivity index (χ4n) is 1.91. The van der Waals surface area contributed by atoms with Crippen LogP contribution in [0.5, 0.6) is 0 Å². The van der Waals surface area contributed by atoms with E-state index in [1.54, 1.807) is 18.2 Å². The van der Waals surface area contributed by atoms with Gasteiger partial charge in [0, 0.05) is 20.9 Å². The Bertz CT molecular complexity index is 790. The molecule has 6 heteroatoms. The first-order valence-electron chi connectivity index (χ1n) is 7.11. The minimum Gasteiger partial charge on any atom is -0.452 e. The molecule has 0 aliphatic rings. The van der Waals surface area contributed by atoms with E-state index in [1.165, 1.54) is 18.2 Å². The number of rotatable bonds is 5. The highest BCUT2D eigenvalue weighted by molar-refractivity contribution is 14.1. The van der Waals surface area contributed by atoms with Gasteiger partial charge in [-0.25, -0.2) is 9.18 Å². The van der Waals surface area contributed by atoms with Gasteiger partial charge < -0.3 is 10.1 Å². The highest BCUT2D eigenvalue weighted by Gasteiger charge is 2.08. The number of halogens is 2. The van der Waals surface area contributed by atoms with Crippen molar-refractivity contribution in [3.63, 3.8) is 0 Å². The molecule has 124 valence electrons. The summed E-state index contributed by atoms with van der Waals surface area (Å²) < 4.78 is 19.3. The first-order valence-corrected chi connectivity index (χ1v) is 8.19. The summed E-state index contributed by atoms with van der Waals surface area (Å²) in [6.07, 6.45) is 2.39. The van der Waals surface area contributed by atoms with Crippen LogP contribution in [0.2, 0.25) is 0 Å². The first-order chi connectivity index (χ1) is 11.5. The largest absolute Gasteiger partial charge is 0.452 e. The third-order valence-electron chi connectivity index (χ3n) is 3.11. The summed E-state index contributed by atoms with van der Waals surface area (Å²) in [5, 5.41) is 2.67. The van der Waals surface area contributed by atoms with E-state index in [1.807, 2.05) is 19.1 Å². The van der Waals surface area contributed by atoms with Crippen LogP contribution < -0.4 is 5.32 Å². The van der Waals surface area contributed by atoms with Gasteiger partial charge >= 0.3 is 5.97 Å². The minimum atomic E-state index is -0.715. The molecule has 24 heavy (non-hydrogen) atoms. The Morgan fingerprint density at radius 3 is 2.71 bits per heavy atom. The standard InChI is InChI=1S/C18H15FINO3/c1-12-10-14(20)7-8-16(12)21-17(22)11-24-18(23)9-6-13-4-2-3-5-15(13)19/h2-10H,11H2,1H3,(H,21,22)/b9-6+. The molecule has 0 spiro atoms. The maximum absolute atomic E-state index is 13.4. The van der Waals surface area contributed by atoms with Gasteiger partial charge in [-0.3, -0.25) is 4.79 Å². The van der Waals surface area contributed by atoms with Gasteiger partial charge in [0.25, 0.3) is 5.91 Å². The van der Waals surface area contributed by atoms with Crippen molar-refractivity contribution >= 4 is 46.2 Å². The Kier molecular flexibility index (Phi) is 6.48. The number of carbonyl (C=O) groups is 2. The molecule has 0 unspecified atom stereocenters. The number of hydrogen-bond donors (Lipinski definition) is 1. The Morgan fingerprint density at radius 1 is 1.25 bits per heavy atom. The van der Waals surface area contributed by atoms with Crippen LogP contribution in [0, 0.1) is 16.3 Å². The molecular formula is C18H15FINO3. The molecule has 0 aliphatic carbocycles. The molecule has 0 heterocycles. The summed E-state index contributed by atoms with van der Waals surface area (Å²) in [5.74, 6) is -1.59. The molecule has 0 saturated heterocycles. The number of carbonyl (C=O) groups excluding carboxylic acids is 2. The highest BCUT2D eigenvalue weighted by atomic mass is 127. The van der Waals surface area contributed by atoms with Gasteiger partial charge in [-0.1, -0.05) is 18.2 Å². The number of amides is 1. The van der Waals surface area contributed by atoms with Gasteiger partial charge in [0.1, 0.15) is 5.82 Å². The molecule has 0 saturated carbocycles. The number of nitrogens with one attached hydrogen (secondary N) is 1. The van der Waals surface area contributed by atoms with E-state index < -0.39 is 24.3 Å². The van der Waals surface area contributed by atoms with Crippen molar-refractivity contribution in [2.24, 2.45) is 0 Å². The van der Waals surface area contributed by atoms with Crippen molar-refractivity contribution in [2.45, 2.75) is 6.92 Å². The second kappa shape index (κ2) is 8.58. The lowest BCUT2D eigenvalue weighted by Gasteiger charge is -2.08. The number of esters is 1. The second-order valence-electron chi connectivity index (χ2n) is 4.97. The van der Waals surface area contributed by atoms with Crippen molar-refractivity contribution in [3.8, 4) is 0 Å². The predicted octanol–water partition coefficient (Wildman–Crippen LogP) is 3.93. The van der Waals surface area contributed by atoms with E-state index in [0.29, 0.717) is 5.69 Å². The van der Waals surface area contributed by atoms with Crippen molar-refractivity contribution in [2.75, 3.05) is 11.9 Å². The average molecular weight is 439 g/mol. The fraction of sp³-hybridized carbons (Fsp3) is 0.111. The predicted molar refractivity (Wildman–Crippen MR) is 98.9 cm³/mol. The van der Waals surface area contributed by atoms with Crippen molar-refractivity contribution in [1.29, 1.82) is 0 Å². The van der Waals surface area contributed by atoms with Crippen LogP contribution in [-0.2, 0) is 14.3 Å². The lowest BCUT2D eigenvalue weighted by Crippen LogP contribution is -2.20. The monoisotopic (exact) mass is 439 g/mol. The van der Waals surface area contributed by atoms with Crippen molar-refractivity contribution in [3.05, 3.63) is 69.1 Å². The van der Waals surface area contributed by atoms with Gasteiger partial charge in [0.2, 0.25) is 0 Å². The third-order valence-corrected chi connectivity index (χ3v) is 3.78. The van der Waals surface area contributed by atoms with Crippen LogP contribution in [0.1, 0.15) is 11.1 Å². The molecule has 2 aromatic rings. The van der Waals surface area contributed by atoms with Crippen molar-refractivity contribution in [1.82, 2.24) is 0 Å². The van der Waals surface area contributed by atoms with Crippen LogP contribution in [0.4, 0.5) is 10.1 Å². The lowest BCUT2D eigenvalue weighted by atomic mass is 10.2. The highest BCUT2D eigenvalue weighted by Crippen LogP contribution is 2.17. The fourth-order valence-corrected chi connectivity index (χ4v) is 2.55. The molecule has 2 aromatic carbocycles. The SMILES string of the molecule is Cc1cc(I)ccc1NC(=O)COC(=O)/C=C/c1ccccc1F. The third kappa shape index (κ3) is 5.45. The summed E-state index contributed by atoms with van der Waals surface area (Å²) >= 11 is 2.18. The van der Waals surface area contributed by atoms with Crippen LogP contribution in [0.3, 0.4) is 0 Å². The number of ether oxygens (including phenoxy) is 1. The van der Waals surface area contributed by atoms with E-state index in [4.69, 9.17) is 4.74 Å². The summed E-state index contributed by atoms with van der Waals surface area (Å²) in [7, 11) is 0. The van der Waals surface area contributed by atoms with E-state index in [9.17, 15) is 14.0 Å². The molecule has 0 aromatic heterocycles. The van der Waals surface area contributed by atoms with Gasteiger partial charge in [0.05, 0.1) is 0 Å². The van der Waals surface area contributed by atoms with E-state index in [0.717, 1.165) is 15.2 Å². The molecule has 0 aliphatic heterocycles.